The van der Waals surface area contributed by atoms with E-state index in [0.717, 1.165) is 19.3 Å². The summed E-state index contributed by atoms with van der Waals surface area (Å²) in [7, 11) is 0. The summed E-state index contributed by atoms with van der Waals surface area (Å²) in [5, 5.41) is 12.1. The maximum atomic E-state index is 13.0. The Balaban J connectivity index is 1.51. The van der Waals surface area contributed by atoms with Crippen LogP contribution < -0.4 is 5.32 Å². The highest BCUT2D eigenvalue weighted by Crippen LogP contribution is 2.34. The van der Waals surface area contributed by atoms with Crippen molar-refractivity contribution in [1.82, 2.24) is 4.90 Å². The fraction of sp³-hybridized carbons (Fsp3) is 0.304. The first-order valence-corrected chi connectivity index (χ1v) is 9.85. The van der Waals surface area contributed by atoms with Crippen LogP contribution in [0.3, 0.4) is 0 Å². The minimum atomic E-state index is -0.306. The highest BCUT2D eigenvalue weighted by atomic mass is 16.2. The molecule has 2 aliphatic rings. The van der Waals surface area contributed by atoms with Crippen LogP contribution >= 0.6 is 0 Å². The van der Waals surface area contributed by atoms with Crippen molar-refractivity contribution in [1.29, 1.82) is 5.26 Å². The number of fused-ring (bicyclic) bond motifs is 1. The van der Waals surface area contributed by atoms with E-state index in [-0.39, 0.29) is 36.1 Å². The molecule has 2 aromatic carbocycles. The number of hydrogen-bond acceptors (Lipinski definition) is 4. The molecule has 146 valence electrons. The largest absolute Gasteiger partial charge is 0.325 e. The number of hydrogen-bond donors (Lipinski definition) is 1. The molecule has 1 heterocycles. The normalized spacial score (nSPS) is 20.9. The molecule has 0 saturated heterocycles. The van der Waals surface area contributed by atoms with E-state index in [0.29, 0.717) is 28.8 Å². The van der Waals surface area contributed by atoms with Crippen molar-refractivity contribution in [3.8, 4) is 6.07 Å². The topological polar surface area (TPSA) is 90.3 Å². The van der Waals surface area contributed by atoms with E-state index >= 15 is 0 Å². The van der Waals surface area contributed by atoms with Crippen LogP contribution in [0.15, 0.2) is 48.5 Å². The Morgan fingerprint density at radius 1 is 1.00 bits per heavy atom. The van der Waals surface area contributed by atoms with Crippen LogP contribution in [-0.2, 0) is 4.79 Å². The lowest BCUT2D eigenvalue weighted by atomic mass is 9.78. The molecule has 29 heavy (non-hydrogen) atoms. The van der Waals surface area contributed by atoms with Crippen LogP contribution in [0.25, 0.3) is 0 Å². The van der Waals surface area contributed by atoms with Gasteiger partial charge in [-0.2, -0.15) is 5.26 Å². The third-order valence-corrected chi connectivity index (χ3v) is 5.85. The van der Waals surface area contributed by atoms with Gasteiger partial charge in [0.2, 0.25) is 5.91 Å². The second-order valence-electron chi connectivity index (χ2n) is 7.56. The van der Waals surface area contributed by atoms with Crippen molar-refractivity contribution in [2.45, 2.75) is 25.7 Å². The van der Waals surface area contributed by atoms with Crippen LogP contribution in [0, 0.1) is 23.2 Å². The van der Waals surface area contributed by atoms with Crippen molar-refractivity contribution in [2.75, 3.05) is 11.9 Å². The monoisotopic (exact) mass is 387 g/mol. The standard InChI is InChI=1S/C23H21N3O3/c24-13-15-7-2-6-12-20(15)25-21(27)17-9-3-1-8-16(17)14-26-22(28)18-10-4-5-11-19(18)23(26)29/h2,4-7,10-12,16-17H,1,3,8-9,14H2,(H,25,27). The van der Waals surface area contributed by atoms with E-state index in [1.54, 1.807) is 48.5 Å². The van der Waals surface area contributed by atoms with Gasteiger partial charge in [-0.25, -0.2) is 0 Å². The summed E-state index contributed by atoms with van der Waals surface area (Å²) < 4.78 is 0. The maximum Gasteiger partial charge on any atom is 0.261 e. The molecule has 1 aliphatic carbocycles. The lowest BCUT2D eigenvalue weighted by molar-refractivity contribution is -0.122. The van der Waals surface area contributed by atoms with Gasteiger partial charge in [-0.05, 0) is 43.0 Å². The van der Waals surface area contributed by atoms with E-state index in [9.17, 15) is 19.6 Å². The van der Waals surface area contributed by atoms with Gasteiger partial charge >= 0.3 is 0 Å². The Labute approximate surface area is 169 Å². The van der Waals surface area contributed by atoms with Gasteiger partial charge in [-0.3, -0.25) is 19.3 Å². The summed E-state index contributed by atoms with van der Waals surface area (Å²) in [6, 6.07) is 15.8. The molecular weight excluding hydrogens is 366 g/mol. The number of anilines is 1. The van der Waals surface area contributed by atoms with Crippen molar-refractivity contribution >= 4 is 23.4 Å². The van der Waals surface area contributed by atoms with Gasteiger partial charge in [-0.1, -0.05) is 37.1 Å². The number of imide groups is 1. The summed E-state index contributed by atoms with van der Waals surface area (Å²) in [5.41, 5.74) is 1.76. The second kappa shape index (κ2) is 7.88. The number of benzene rings is 2. The lowest BCUT2D eigenvalue weighted by Gasteiger charge is -2.32. The highest BCUT2D eigenvalue weighted by Gasteiger charge is 2.40. The first kappa shape index (κ1) is 18.9. The predicted octanol–water partition coefficient (Wildman–Crippen LogP) is 3.60. The number of nitrogens with zero attached hydrogens (tertiary/aromatic N) is 2. The predicted molar refractivity (Wildman–Crippen MR) is 107 cm³/mol. The van der Waals surface area contributed by atoms with E-state index < -0.39 is 0 Å². The molecule has 1 saturated carbocycles. The van der Waals surface area contributed by atoms with Crippen molar-refractivity contribution in [3.63, 3.8) is 0 Å². The molecule has 6 heteroatoms. The Morgan fingerprint density at radius 2 is 1.62 bits per heavy atom. The van der Waals surface area contributed by atoms with Crippen LogP contribution in [0.4, 0.5) is 5.69 Å². The molecule has 6 nitrogen and oxygen atoms in total. The molecule has 3 amide bonds. The van der Waals surface area contributed by atoms with Crippen molar-refractivity contribution in [2.24, 2.45) is 11.8 Å². The minimum absolute atomic E-state index is 0.0970. The summed E-state index contributed by atoms with van der Waals surface area (Å²) in [4.78, 5) is 39.7. The van der Waals surface area contributed by atoms with Crippen LogP contribution in [0.2, 0.25) is 0 Å². The zero-order valence-corrected chi connectivity index (χ0v) is 15.9. The molecule has 1 N–H and O–H groups in total. The second-order valence-corrected chi connectivity index (χ2v) is 7.56. The third kappa shape index (κ3) is 3.52. The fourth-order valence-electron chi connectivity index (χ4n) is 4.33. The van der Waals surface area contributed by atoms with Crippen molar-refractivity contribution < 1.29 is 14.4 Å². The molecule has 0 aromatic heterocycles. The number of carbonyl (C=O) groups is 3. The fourth-order valence-corrected chi connectivity index (χ4v) is 4.33. The van der Waals surface area contributed by atoms with Gasteiger partial charge in [-0.15, -0.1) is 0 Å². The summed E-state index contributed by atoms with van der Waals surface area (Å²) in [6.45, 7) is 0.240. The molecule has 0 bridgehead atoms. The molecule has 2 unspecified atom stereocenters. The Kier molecular flexibility index (Phi) is 5.13. The maximum absolute atomic E-state index is 13.0. The summed E-state index contributed by atoms with van der Waals surface area (Å²) in [5.74, 6) is -1.13. The third-order valence-electron chi connectivity index (χ3n) is 5.85. The Hall–Kier alpha value is -3.46. The summed E-state index contributed by atoms with van der Waals surface area (Å²) >= 11 is 0. The zero-order valence-electron chi connectivity index (χ0n) is 15.9. The smallest absolute Gasteiger partial charge is 0.261 e. The Morgan fingerprint density at radius 3 is 2.31 bits per heavy atom. The average molecular weight is 387 g/mol. The van der Waals surface area contributed by atoms with E-state index in [2.05, 4.69) is 11.4 Å². The molecule has 0 spiro atoms. The first-order chi connectivity index (χ1) is 14.1. The molecule has 1 aliphatic heterocycles. The zero-order chi connectivity index (χ0) is 20.4. The van der Waals surface area contributed by atoms with Gasteiger partial charge in [0.15, 0.2) is 0 Å². The quantitative estimate of drug-likeness (QED) is 0.812. The number of amides is 3. The van der Waals surface area contributed by atoms with Gasteiger partial charge in [0.25, 0.3) is 11.8 Å². The van der Waals surface area contributed by atoms with Gasteiger partial charge in [0, 0.05) is 12.5 Å². The van der Waals surface area contributed by atoms with Crippen molar-refractivity contribution in [3.05, 3.63) is 65.2 Å². The SMILES string of the molecule is N#Cc1ccccc1NC(=O)C1CCCCC1CN1C(=O)c2ccccc2C1=O. The van der Waals surface area contributed by atoms with E-state index in [1.807, 2.05) is 0 Å². The van der Waals surface area contributed by atoms with Crippen LogP contribution in [0.1, 0.15) is 52.0 Å². The molecule has 2 aromatic rings. The lowest BCUT2D eigenvalue weighted by Crippen LogP contribution is -2.41. The van der Waals surface area contributed by atoms with Crippen LogP contribution in [0.5, 0.6) is 0 Å². The van der Waals surface area contributed by atoms with Gasteiger partial charge < -0.3 is 5.32 Å². The minimum Gasteiger partial charge on any atom is -0.325 e. The highest BCUT2D eigenvalue weighted by molar-refractivity contribution is 6.21. The van der Waals surface area contributed by atoms with E-state index in [1.165, 1.54) is 4.90 Å². The molecular formula is C23H21N3O3. The number of nitrogens with one attached hydrogen (secondary N) is 1. The number of rotatable bonds is 4. The molecule has 2 atom stereocenters. The number of carbonyl (C=O) groups excluding carboxylic acids is 3. The Bertz CT molecular complexity index is 989. The van der Waals surface area contributed by atoms with Gasteiger partial charge in [0.1, 0.15) is 6.07 Å². The average Bonchev–Trinajstić information content (AvgIpc) is 2.99. The molecule has 1 fully saturated rings. The summed E-state index contributed by atoms with van der Waals surface area (Å²) in [6.07, 6.45) is 3.38. The molecule has 4 rings (SSSR count). The van der Waals surface area contributed by atoms with E-state index in [4.69, 9.17) is 0 Å². The number of para-hydroxylation sites is 1. The number of nitriles is 1. The first-order valence-electron chi connectivity index (χ1n) is 9.85. The molecule has 0 radical (unpaired) electrons. The van der Waals surface area contributed by atoms with Gasteiger partial charge in [0.05, 0.1) is 22.4 Å². The van der Waals surface area contributed by atoms with Crippen LogP contribution in [-0.4, -0.2) is 29.2 Å².